The highest BCUT2D eigenvalue weighted by Crippen LogP contribution is 2.35. The Kier molecular flexibility index (Phi) is 5.32. The van der Waals surface area contributed by atoms with E-state index in [1.807, 2.05) is 0 Å². The molecule has 0 aliphatic heterocycles. The van der Waals surface area contributed by atoms with Gasteiger partial charge in [-0.05, 0) is 28.7 Å². The molecule has 0 aliphatic rings. The highest BCUT2D eigenvalue weighted by molar-refractivity contribution is 14.1. The predicted molar refractivity (Wildman–Crippen MR) is 73.3 cm³/mol. The van der Waals surface area contributed by atoms with Crippen LogP contribution in [0.5, 0.6) is 0 Å². The average molecular weight is 385 g/mol. The second-order valence-corrected chi connectivity index (χ2v) is 6.16. The summed E-state index contributed by atoms with van der Waals surface area (Å²) in [5.41, 5.74) is -0.206. The van der Waals surface area contributed by atoms with Gasteiger partial charge in [0.05, 0.1) is 19.8 Å². The van der Waals surface area contributed by atoms with E-state index >= 15 is 0 Å². The minimum absolute atomic E-state index is 0.143. The summed E-state index contributed by atoms with van der Waals surface area (Å²) in [5.74, 6) is -1.55. The summed E-state index contributed by atoms with van der Waals surface area (Å²) < 4.78 is 13.5. The molecule has 0 spiro atoms. The normalized spacial score (nSPS) is 12.2. The molecule has 98 valence electrons. The van der Waals surface area contributed by atoms with Crippen molar-refractivity contribution in [2.45, 2.75) is 23.5 Å². The summed E-state index contributed by atoms with van der Waals surface area (Å²) in [6.07, 6.45) is -0.143. The van der Waals surface area contributed by atoms with E-state index in [-0.39, 0.29) is 25.8 Å². The zero-order chi connectivity index (χ0) is 13.9. The lowest BCUT2D eigenvalue weighted by molar-refractivity contribution is -0.387. The molecule has 18 heavy (non-hydrogen) atoms. The van der Waals surface area contributed by atoms with Gasteiger partial charge in [-0.1, -0.05) is 6.92 Å². The van der Waals surface area contributed by atoms with Crippen molar-refractivity contribution in [1.82, 2.24) is 0 Å². The van der Waals surface area contributed by atoms with E-state index in [2.05, 4.69) is 0 Å². The lowest BCUT2D eigenvalue weighted by Gasteiger charge is -2.09. The second kappa shape index (κ2) is 6.32. The van der Waals surface area contributed by atoms with Gasteiger partial charge in [-0.15, -0.1) is 11.8 Å². The standard InChI is InChI=1S/C10H9FINO4S/c1-5(2-10(14)15)18-9-3-6(11)7(12)4-8(9)13(16)17/h3-5H,2H2,1H3,(H,14,15). The van der Waals surface area contributed by atoms with Crippen LogP contribution < -0.4 is 0 Å². The molecule has 8 heteroatoms. The molecular weight excluding hydrogens is 376 g/mol. The summed E-state index contributed by atoms with van der Waals surface area (Å²) in [4.78, 5) is 20.9. The van der Waals surface area contributed by atoms with Crippen molar-refractivity contribution < 1.29 is 19.2 Å². The Morgan fingerprint density at radius 2 is 2.28 bits per heavy atom. The number of nitro groups is 1. The number of benzene rings is 1. The van der Waals surface area contributed by atoms with Crippen molar-refractivity contribution in [3.8, 4) is 0 Å². The molecule has 1 unspecified atom stereocenters. The molecule has 0 aromatic heterocycles. The number of carboxylic acids is 1. The van der Waals surface area contributed by atoms with Gasteiger partial charge >= 0.3 is 5.97 Å². The van der Waals surface area contributed by atoms with Crippen LogP contribution >= 0.6 is 34.4 Å². The molecule has 0 aliphatic carbocycles. The number of hydrogen-bond acceptors (Lipinski definition) is 4. The molecule has 1 N–H and O–H groups in total. The zero-order valence-electron chi connectivity index (χ0n) is 9.22. The summed E-state index contributed by atoms with van der Waals surface area (Å²) in [7, 11) is 0. The Bertz CT molecular complexity index is 497. The van der Waals surface area contributed by atoms with Gasteiger partial charge in [0, 0.05) is 11.3 Å². The van der Waals surface area contributed by atoms with E-state index in [1.165, 1.54) is 0 Å². The number of rotatable bonds is 5. The third kappa shape index (κ3) is 4.09. The quantitative estimate of drug-likeness (QED) is 0.364. The van der Waals surface area contributed by atoms with Crippen LogP contribution in [-0.4, -0.2) is 21.2 Å². The van der Waals surface area contributed by atoms with Crippen molar-refractivity contribution in [2.75, 3.05) is 0 Å². The Morgan fingerprint density at radius 3 is 2.78 bits per heavy atom. The first-order chi connectivity index (χ1) is 8.31. The largest absolute Gasteiger partial charge is 0.481 e. The highest BCUT2D eigenvalue weighted by Gasteiger charge is 2.20. The van der Waals surface area contributed by atoms with Crippen LogP contribution in [0.3, 0.4) is 0 Å². The summed E-state index contributed by atoms with van der Waals surface area (Å²) in [5, 5.41) is 19.1. The first-order valence-electron chi connectivity index (χ1n) is 4.83. The Hall–Kier alpha value is -0.900. The Balaban J connectivity index is 3.03. The van der Waals surface area contributed by atoms with Gasteiger partial charge < -0.3 is 5.11 Å². The van der Waals surface area contributed by atoms with E-state index in [0.29, 0.717) is 0 Å². The first-order valence-corrected chi connectivity index (χ1v) is 6.79. The molecule has 1 atom stereocenters. The van der Waals surface area contributed by atoms with Crippen LogP contribution in [0.4, 0.5) is 10.1 Å². The molecule has 0 heterocycles. The highest BCUT2D eigenvalue weighted by atomic mass is 127. The lowest BCUT2D eigenvalue weighted by atomic mass is 10.3. The minimum atomic E-state index is -0.997. The van der Waals surface area contributed by atoms with E-state index in [9.17, 15) is 19.3 Å². The molecule has 1 aromatic rings. The maximum atomic E-state index is 13.4. The van der Waals surface area contributed by atoms with Crippen molar-refractivity contribution in [3.05, 3.63) is 31.6 Å². The fourth-order valence-corrected chi connectivity index (χ4v) is 2.80. The molecule has 0 fully saturated rings. The maximum Gasteiger partial charge on any atom is 0.304 e. The smallest absolute Gasteiger partial charge is 0.304 e. The number of carbonyl (C=O) groups is 1. The fraction of sp³-hybridized carbons (Fsp3) is 0.300. The number of hydrogen-bond donors (Lipinski definition) is 1. The van der Waals surface area contributed by atoms with Gasteiger partial charge in [-0.25, -0.2) is 4.39 Å². The van der Waals surface area contributed by atoms with Crippen molar-refractivity contribution in [2.24, 2.45) is 0 Å². The number of aliphatic carboxylic acids is 1. The van der Waals surface area contributed by atoms with Crippen LogP contribution in [0.15, 0.2) is 17.0 Å². The molecule has 0 saturated carbocycles. The van der Waals surface area contributed by atoms with Crippen molar-refractivity contribution in [1.29, 1.82) is 0 Å². The van der Waals surface area contributed by atoms with E-state index in [4.69, 9.17) is 5.11 Å². The summed E-state index contributed by atoms with van der Waals surface area (Å²) >= 11 is 2.65. The van der Waals surface area contributed by atoms with Gasteiger partial charge in [0.25, 0.3) is 5.69 Å². The average Bonchev–Trinajstić information content (AvgIpc) is 2.21. The molecule has 1 rings (SSSR count). The minimum Gasteiger partial charge on any atom is -0.481 e. The van der Waals surface area contributed by atoms with E-state index in [0.717, 1.165) is 23.9 Å². The Morgan fingerprint density at radius 1 is 1.67 bits per heavy atom. The SMILES string of the molecule is CC(CC(=O)O)Sc1cc(F)c(I)cc1[N+](=O)[O-]. The maximum absolute atomic E-state index is 13.4. The van der Waals surface area contributed by atoms with E-state index in [1.54, 1.807) is 29.5 Å². The topological polar surface area (TPSA) is 80.4 Å². The third-order valence-corrected chi connectivity index (χ3v) is 3.97. The van der Waals surface area contributed by atoms with Gasteiger partial charge in [-0.3, -0.25) is 14.9 Å². The molecule has 0 bridgehead atoms. The molecule has 0 saturated heterocycles. The van der Waals surface area contributed by atoms with Crippen molar-refractivity contribution >= 4 is 46.0 Å². The summed E-state index contributed by atoms with van der Waals surface area (Å²) in [6.45, 7) is 1.62. The number of nitro benzene ring substituents is 1. The lowest BCUT2D eigenvalue weighted by Crippen LogP contribution is -2.06. The van der Waals surface area contributed by atoms with Gasteiger partial charge in [0.15, 0.2) is 0 Å². The van der Waals surface area contributed by atoms with Crippen LogP contribution in [-0.2, 0) is 4.79 Å². The third-order valence-electron chi connectivity index (χ3n) is 1.99. The molecule has 1 aromatic carbocycles. The number of halogens is 2. The molecule has 0 radical (unpaired) electrons. The van der Waals surface area contributed by atoms with Crippen LogP contribution in [0.1, 0.15) is 13.3 Å². The van der Waals surface area contributed by atoms with Crippen LogP contribution in [0.25, 0.3) is 0 Å². The molecular formula is C10H9FINO4S. The van der Waals surface area contributed by atoms with Crippen LogP contribution in [0, 0.1) is 19.5 Å². The van der Waals surface area contributed by atoms with Crippen molar-refractivity contribution in [3.63, 3.8) is 0 Å². The van der Waals surface area contributed by atoms with Gasteiger partial charge in [-0.2, -0.15) is 0 Å². The van der Waals surface area contributed by atoms with Gasteiger partial charge in [0.1, 0.15) is 5.82 Å². The number of thioether (sulfide) groups is 1. The number of nitrogens with zero attached hydrogens (tertiary/aromatic N) is 1. The predicted octanol–water partition coefficient (Wildman–Crippen LogP) is 3.29. The van der Waals surface area contributed by atoms with Crippen LogP contribution in [0.2, 0.25) is 0 Å². The fourth-order valence-electron chi connectivity index (χ4n) is 1.26. The summed E-state index contributed by atoms with van der Waals surface area (Å²) in [6, 6.07) is 2.22. The molecule has 0 amide bonds. The zero-order valence-corrected chi connectivity index (χ0v) is 12.2. The van der Waals surface area contributed by atoms with Gasteiger partial charge in [0.2, 0.25) is 0 Å². The monoisotopic (exact) mass is 385 g/mol. The molecule has 5 nitrogen and oxygen atoms in total. The number of carboxylic acid groups (broad SMARTS) is 1. The first kappa shape index (κ1) is 15.2. The Labute approximate surface area is 120 Å². The second-order valence-electron chi connectivity index (χ2n) is 3.52. The van der Waals surface area contributed by atoms with E-state index < -0.39 is 16.7 Å².